The quantitative estimate of drug-likeness (QED) is 0.334. The van der Waals surface area contributed by atoms with Gasteiger partial charge in [-0.2, -0.15) is 13.2 Å². The van der Waals surface area contributed by atoms with Crippen LogP contribution in [-0.2, 0) is 19.8 Å². The third-order valence-corrected chi connectivity index (χ3v) is 5.24. The van der Waals surface area contributed by atoms with Crippen LogP contribution >= 0.6 is 15.9 Å². The van der Waals surface area contributed by atoms with Crippen molar-refractivity contribution in [3.63, 3.8) is 0 Å². The molecule has 1 N–H and O–H groups in total. The first-order valence-corrected chi connectivity index (χ1v) is 10.2. The summed E-state index contributed by atoms with van der Waals surface area (Å²) < 4.78 is 56.0. The summed E-state index contributed by atoms with van der Waals surface area (Å²) in [7, 11) is 1.76. The summed E-state index contributed by atoms with van der Waals surface area (Å²) >= 11 is 3.03. The number of pyridine rings is 1. The molecule has 0 amide bonds. The molecule has 0 bridgehead atoms. The molecule has 10 heteroatoms. The number of halogens is 5. The van der Waals surface area contributed by atoms with Crippen LogP contribution in [0.25, 0.3) is 22.5 Å². The Labute approximate surface area is 189 Å². The maximum Gasteiger partial charge on any atom is 0.418 e. The van der Waals surface area contributed by atoms with Crippen molar-refractivity contribution in [2.24, 2.45) is 7.05 Å². The molecule has 0 unspecified atom stereocenters. The molecule has 0 aliphatic heterocycles. The zero-order valence-corrected chi connectivity index (χ0v) is 18.2. The average molecular weight is 506 g/mol. The zero-order chi connectivity index (χ0) is 22.9. The second-order valence-electron chi connectivity index (χ2n) is 7.04. The van der Waals surface area contributed by atoms with Gasteiger partial charge in [-0.1, -0.05) is 18.2 Å². The van der Waals surface area contributed by atoms with E-state index in [0.717, 1.165) is 11.6 Å². The van der Waals surface area contributed by atoms with Gasteiger partial charge >= 0.3 is 6.18 Å². The topological polar surface area (TPSA) is 55.6 Å². The largest absolute Gasteiger partial charge is 0.418 e. The fourth-order valence-corrected chi connectivity index (χ4v) is 3.65. The number of nitrogens with zero attached hydrogens (tertiary/aromatic N) is 4. The first-order chi connectivity index (χ1) is 15.2. The van der Waals surface area contributed by atoms with Crippen LogP contribution in [0, 0.1) is 5.82 Å². The van der Waals surface area contributed by atoms with Crippen molar-refractivity contribution < 1.29 is 17.6 Å². The summed E-state index contributed by atoms with van der Waals surface area (Å²) in [5.41, 5.74) is 1.67. The highest BCUT2D eigenvalue weighted by Crippen LogP contribution is 2.34. The van der Waals surface area contributed by atoms with Crippen molar-refractivity contribution in [3.8, 4) is 22.5 Å². The molecule has 0 saturated carbocycles. The van der Waals surface area contributed by atoms with E-state index in [1.807, 2.05) is 6.07 Å². The van der Waals surface area contributed by atoms with Crippen LogP contribution in [0.15, 0.2) is 65.5 Å². The van der Waals surface area contributed by atoms with Crippen molar-refractivity contribution in [2.45, 2.75) is 12.7 Å². The van der Waals surface area contributed by atoms with Gasteiger partial charge in [-0.3, -0.25) is 4.98 Å². The van der Waals surface area contributed by atoms with Gasteiger partial charge in [-0.15, -0.1) is 10.2 Å². The zero-order valence-electron chi connectivity index (χ0n) is 16.7. The number of nitrogens with one attached hydrogen (secondary N) is 1. The van der Waals surface area contributed by atoms with Gasteiger partial charge in [0.05, 0.1) is 17.8 Å². The van der Waals surface area contributed by atoms with Crippen LogP contribution in [-0.4, -0.2) is 19.7 Å². The maximum absolute atomic E-state index is 14.0. The highest BCUT2D eigenvalue weighted by Gasteiger charge is 2.34. The van der Waals surface area contributed by atoms with Crippen molar-refractivity contribution in [1.82, 2.24) is 19.7 Å². The van der Waals surface area contributed by atoms with E-state index in [2.05, 4.69) is 36.4 Å². The van der Waals surface area contributed by atoms with E-state index in [0.29, 0.717) is 22.6 Å². The molecule has 0 fully saturated rings. The summed E-state index contributed by atoms with van der Waals surface area (Å²) in [6.45, 7) is -0.120. The molecule has 2 aromatic heterocycles. The van der Waals surface area contributed by atoms with E-state index in [1.165, 1.54) is 24.7 Å². The molecule has 0 saturated heterocycles. The van der Waals surface area contributed by atoms with Crippen LogP contribution < -0.4 is 5.32 Å². The van der Waals surface area contributed by atoms with Gasteiger partial charge in [-0.25, -0.2) is 4.39 Å². The molecule has 2 heterocycles. The van der Waals surface area contributed by atoms with Crippen LogP contribution in [0.3, 0.4) is 0 Å². The first kappa shape index (κ1) is 21.9. The molecule has 4 aromatic rings. The van der Waals surface area contributed by atoms with Gasteiger partial charge in [-0.05, 0) is 57.4 Å². The fraction of sp³-hybridized carbons (Fsp3) is 0.136. The van der Waals surface area contributed by atoms with Crippen molar-refractivity contribution in [3.05, 3.63) is 82.6 Å². The molecule has 0 spiro atoms. The Bertz CT molecular complexity index is 1270. The molecular formula is C22H16BrF4N5. The molecule has 0 atom stereocenters. The molecular weight excluding hydrogens is 490 g/mol. The van der Waals surface area contributed by atoms with Gasteiger partial charge in [0.2, 0.25) is 0 Å². The number of hydrogen-bond acceptors (Lipinski definition) is 4. The molecule has 5 nitrogen and oxygen atoms in total. The maximum atomic E-state index is 14.0. The van der Waals surface area contributed by atoms with E-state index in [4.69, 9.17) is 0 Å². The highest BCUT2D eigenvalue weighted by molar-refractivity contribution is 9.10. The van der Waals surface area contributed by atoms with Crippen molar-refractivity contribution in [2.75, 3.05) is 5.32 Å². The molecule has 32 heavy (non-hydrogen) atoms. The summed E-state index contributed by atoms with van der Waals surface area (Å²) in [5.74, 6) is 0.0776. The van der Waals surface area contributed by atoms with E-state index < -0.39 is 17.6 Å². The molecule has 0 radical (unpaired) electrons. The Morgan fingerprint density at radius 1 is 1.06 bits per heavy atom. The SMILES string of the molecule is Cn1cnnc1-c1cc(F)ccc1-c1cccc(NCc2ncc(Br)cc2C(F)(F)F)c1. The van der Waals surface area contributed by atoms with Crippen LogP contribution in [0.5, 0.6) is 0 Å². The molecule has 2 aromatic carbocycles. The lowest BCUT2D eigenvalue weighted by molar-refractivity contribution is -0.138. The number of hydrogen-bond donors (Lipinski definition) is 1. The molecule has 4 rings (SSSR count). The predicted octanol–water partition coefficient (Wildman–Crippen LogP) is 6.08. The van der Waals surface area contributed by atoms with E-state index in [-0.39, 0.29) is 16.7 Å². The summed E-state index contributed by atoms with van der Waals surface area (Å²) in [5, 5.41) is 10.9. The number of anilines is 1. The van der Waals surface area contributed by atoms with E-state index >= 15 is 0 Å². The summed E-state index contributed by atoms with van der Waals surface area (Å²) in [6.07, 6.45) is -1.67. The number of benzene rings is 2. The monoisotopic (exact) mass is 505 g/mol. The minimum absolute atomic E-state index is 0.118. The Morgan fingerprint density at radius 3 is 2.59 bits per heavy atom. The second kappa shape index (κ2) is 8.70. The van der Waals surface area contributed by atoms with Crippen molar-refractivity contribution in [1.29, 1.82) is 0 Å². The highest BCUT2D eigenvalue weighted by atomic mass is 79.9. The third kappa shape index (κ3) is 4.64. The Morgan fingerprint density at radius 2 is 1.88 bits per heavy atom. The van der Waals surface area contributed by atoms with Crippen LogP contribution in [0.1, 0.15) is 11.3 Å². The standard InChI is InChI=1S/C22H16BrF4N5/c1-32-12-30-31-21(32)18-9-15(24)5-6-17(18)13-3-2-4-16(7-13)28-11-20-19(22(25,26)27)8-14(23)10-29-20/h2-10,12,28H,11H2,1H3. The first-order valence-electron chi connectivity index (χ1n) is 9.42. The number of rotatable bonds is 5. The van der Waals surface area contributed by atoms with Gasteiger partial charge in [0.15, 0.2) is 5.82 Å². The van der Waals surface area contributed by atoms with Crippen molar-refractivity contribution >= 4 is 21.6 Å². The Balaban J connectivity index is 1.65. The number of aromatic nitrogens is 4. The smallest absolute Gasteiger partial charge is 0.379 e. The lowest BCUT2D eigenvalue weighted by Gasteiger charge is -2.15. The van der Waals surface area contributed by atoms with Gasteiger partial charge in [0.1, 0.15) is 12.1 Å². The number of alkyl halides is 3. The minimum Gasteiger partial charge on any atom is -0.379 e. The average Bonchev–Trinajstić information content (AvgIpc) is 3.18. The number of aryl methyl sites for hydroxylation is 1. The second-order valence-corrected chi connectivity index (χ2v) is 7.95. The van der Waals surface area contributed by atoms with Crippen LogP contribution in [0.4, 0.5) is 23.2 Å². The van der Waals surface area contributed by atoms with Crippen LogP contribution in [0.2, 0.25) is 0 Å². The predicted molar refractivity (Wildman–Crippen MR) is 116 cm³/mol. The third-order valence-electron chi connectivity index (χ3n) is 4.81. The fourth-order valence-electron chi connectivity index (χ4n) is 3.32. The molecule has 0 aliphatic rings. The summed E-state index contributed by atoms with van der Waals surface area (Å²) in [4.78, 5) is 3.92. The Kier molecular flexibility index (Phi) is 5.96. The lowest BCUT2D eigenvalue weighted by atomic mass is 9.98. The Hall–Kier alpha value is -3.27. The molecule has 0 aliphatic carbocycles. The lowest BCUT2D eigenvalue weighted by Crippen LogP contribution is -2.13. The van der Waals surface area contributed by atoms with Gasteiger partial charge < -0.3 is 9.88 Å². The summed E-state index contributed by atoms with van der Waals surface area (Å²) in [6, 6.07) is 12.5. The van der Waals surface area contributed by atoms with E-state index in [1.54, 1.807) is 35.9 Å². The van der Waals surface area contributed by atoms with E-state index in [9.17, 15) is 17.6 Å². The van der Waals surface area contributed by atoms with Gasteiger partial charge in [0, 0.05) is 29.0 Å². The minimum atomic E-state index is -4.52. The van der Waals surface area contributed by atoms with Gasteiger partial charge in [0.25, 0.3) is 0 Å². The molecule has 164 valence electrons. The normalized spacial score (nSPS) is 11.6.